The van der Waals surface area contributed by atoms with Gasteiger partial charge in [0.05, 0.1) is 0 Å². The summed E-state index contributed by atoms with van der Waals surface area (Å²) in [6, 6.07) is 0. The topological polar surface area (TPSA) is 126 Å². The molecule has 0 radical (unpaired) electrons. The molecule has 0 heterocycles. The van der Waals surface area contributed by atoms with Crippen molar-refractivity contribution in [1.29, 1.82) is 0 Å². The Morgan fingerprint density at radius 2 is 2.12 bits per heavy atom. The fourth-order valence-electron chi connectivity index (χ4n) is 0.0824. The van der Waals surface area contributed by atoms with E-state index in [1.165, 1.54) is 0 Å². The molecule has 0 aromatic carbocycles. The first-order valence-electron chi connectivity index (χ1n) is 1.45. The minimum Gasteiger partial charge on any atom is -0.367 e. The fourth-order valence-corrected chi connectivity index (χ4v) is 0.0824. The molecule has 0 aliphatic heterocycles. The Labute approximate surface area is 46.0 Å². The molecule has 0 saturated carbocycles. The molecule has 0 rings (SSSR count). The van der Waals surface area contributed by atoms with Crippen LogP contribution in [0.15, 0.2) is 5.16 Å². The highest BCUT2D eigenvalue weighted by atomic mass is 16.7. The molecule has 0 aliphatic rings. The highest BCUT2D eigenvalue weighted by Gasteiger charge is 1.73. The Hall–Kier alpha value is -1.30. The van der Waals surface area contributed by atoms with Crippen molar-refractivity contribution < 1.29 is 9.63 Å². The Morgan fingerprint density at radius 3 is 2.25 bits per heavy atom. The maximum absolute atomic E-state index is 9.27. The van der Waals surface area contributed by atoms with Crippen molar-refractivity contribution in [2.24, 2.45) is 16.6 Å². The predicted octanol–water partition coefficient (Wildman–Crippen LogP) is -1.49. The summed E-state index contributed by atoms with van der Waals surface area (Å²) in [5, 5.41) is 2.85. The zero-order valence-electron chi connectivity index (χ0n) is 4.20. The third kappa shape index (κ3) is 8.83. The van der Waals surface area contributed by atoms with E-state index >= 15 is 0 Å². The second-order valence-electron chi connectivity index (χ2n) is 0.718. The number of hydrogen-bond donors (Lipinski definition) is 3. The number of carbonyl (C=O) groups is 1. The SMILES string of the molecule is N.NC(N)=NOC=O. The quantitative estimate of drug-likeness (QED) is 0.134. The van der Waals surface area contributed by atoms with Crippen LogP contribution in [0.4, 0.5) is 0 Å². The lowest BCUT2D eigenvalue weighted by Crippen LogP contribution is -2.22. The van der Waals surface area contributed by atoms with Crippen molar-refractivity contribution >= 4 is 12.4 Å². The molecular formula is C2H8N4O2. The van der Waals surface area contributed by atoms with Crippen molar-refractivity contribution in [2.45, 2.75) is 0 Å². The number of nitrogens with zero attached hydrogens (tertiary/aromatic N) is 1. The van der Waals surface area contributed by atoms with E-state index in [-0.39, 0.29) is 18.6 Å². The number of guanidine groups is 1. The number of carbonyl (C=O) groups excluding carboxylic acids is 1. The van der Waals surface area contributed by atoms with Crippen LogP contribution in [0.2, 0.25) is 0 Å². The van der Waals surface area contributed by atoms with Crippen molar-refractivity contribution in [3.8, 4) is 0 Å². The highest BCUT2D eigenvalue weighted by Crippen LogP contribution is 1.60. The van der Waals surface area contributed by atoms with Crippen molar-refractivity contribution in [3.05, 3.63) is 0 Å². The van der Waals surface area contributed by atoms with Gasteiger partial charge >= 0.3 is 6.47 Å². The van der Waals surface area contributed by atoms with Gasteiger partial charge in [0.15, 0.2) is 0 Å². The molecule has 6 heteroatoms. The van der Waals surface area contributed by atoms with Crippen molar-refractivity contribution in [3.63, 3.8) is 0 Å². The molecule has 0 aromatic rings. The van der Waals surface area contributed by atoms with E-state index in [2.05, 4.69) is 9.99 Å². The standard InChI is InChI=1S/C2H5N3O2.H3N/c3-2(4)5-7-1-6;/h1H,(H4,3,4,5);1H3. The maximum atomic E-state index is 9.27. The first-order valence-corrected chi connectivity index (χ1v) is 1.45. The van der Waals surface area contributed by atoms with Crippen LogP contribution < -0.4 is 17.6 Å². The van der Waals surface area contributed by atoms with Gasteiger partial charge in [0.2, 0.25) is 5.96 Å². The molecule has 0 spiro atoms. The summed E-state index contributed by atoms with van der Waals surface area (Å²) in [6.45, 7) is 0.125. The second kappa shape index (κ2) is 5.70. The number of rotatable bonds is 2. The zero-order chi connectivity index (χ0) is 5.70. The van der Waals surface area contributed by atoms with E-state index in [4.69, 9.17) is 11.5 Å². The van der Waals surface area contributed by atoms with Gasteiger partial charge in [-0.05, 0) is 5.16 Å². The van der Waals surface area contributed by atoms with Gasteiger partial charge in [0.1, 0.15) is 0 Å². The van der Waals surface area contributed by atoms with E-state index in [1.807, 2.05) is 0 Å². The fraction of sp³-hybridized carbons (Fsp3) is 0. The lowest BCUT2D eigenvalue weighted by Gasteiger charge is -1.82. The molecule has 48 valence electrons. The maximum Gasteiger partial charge on any atom is 0.323 e. The number of oxime groups is 1. The van der Waals surface area contributed by atoms with E-state index in [0.29, 0.717) is 0 Å². The Balaban J connectivity index is 0. The summed E-state index contributed by atoms with van der Waals surface area (Å²) < 4.78 is 0. The van der Waals surface area contributed by atoms with Gasteiger partial charge in [0, 0.05) is 0 Å². The summed E-state index contributed by atoms with van der Waals surface area (Å²) in [6.07, 6.45) is 0. The monoisotopic (exact) mass is 120 g/mol. The first kappa shape index (κ1) is 9.85. The predicted molar refractivity (Wildman–Crippen MR) is 28.0 cm³/mol. The molecule has 0 aromatic heterocycles. The third-order valence-electron chi connectivity index (χ3n) is 0.201. The first-order chi connectivity index (χ1) is 3.27. The van der Waals surface area contributed by atoms with Crippen LogP contribution >= 0.6 is 0 Å². The van der Waals surface area contributed by atoms with Crippen molar-refractivity contribution in [1.82, 2.24) is 6.15 Å². The molecule has 0 unspecified atom stereocenters. The molecule has 0 amide bonds. The van der Waals surface area contributed by atoms with E-state index in [1.54, 1.807) is 0 Å². The molecule has 7 N–H and O–H groups in total. The zero-order valence-corrected chi connectivity index (χ0v) is 4.20. The molecule has 6 nitrogen and oxygen atoms in total. The third-order valence-corrected chi connectivity index (χ3v) is 0.201. The molecule has 0 atom stereocenters. The normalized spacial score (nSPS) is 6.00. The van der Waals surface area contributed by atoms with Crippen molar-refractivity contribution in [2.75, 3.05) is 0 Å². The van der Waals surface area contributed by atoms with Gasteiger partial charge in [-0.3, -0.25) is 4.79 Å². The average Bonchev–Trinajstić information content (AvgIpc) is 1.61. The Bertz CT molecular complexity index is 86.0. The molecule has 0 bridgehead atoms. The van der Waals surface area contributed by atoms with Gasteiger partial charge in [-0.25, -0.2) is 0 Å². The Morgan fingerprint density at radius 1 is 1.62 bits per heavy atom. The van der Waals surface area contributed by atoms with Crippen LogP contribution in [0.3, 0.4) is 0 Å². The number of hydrogen-bond acceptors (Lipinski definition) is 4. The van der Waals surface area contributed by atoms with E-state index in [0.717, 1.165) is 0 Å². The van der Waals surface area contributed by atoms with Crippen LogP contribution in [0.1, 0.15) is 0 Å². The summed E-state index contributed by atoms with van der Waals surface area (Å²) in [5.41, 5.74) is 9.44. The van der Waals surface area contributed by atoms with Crippen LogP contribution in [-0.2, 0) is 9.63 Å². The smallest absolute Gasteiger partial charge is 0.323 e. The summed E-state index contributed by atoms with van der Waals surface area (Å²) in [5.74, 6) is -0.271. The average molecular weight is 120 g/mol. The van der Waals surface area contributed by atoms with Gasteiger partial charge in [-0.2, -0.15) is 0 Å². The minimum absolute atomic E-state index is 0. The lowest BCUT2D eigenvalue weighted by atomic mass is 11.1. The Kier molecular flexibility index (Phi) is 7.02. The van der Waals surface area contributed by atoms with Gasteiger partial charge in [-0.15, -0.1) is 0 Å². The summed E-state index contributed by atoms with van der Waals surface area (Å²) in [7, 11) is 0. The summed E-state index contributed by atoms with van der Waals surface area (Å²) >= 11 is 0. The summed E-state index contributed by atoms with van der Waals surface area (Å²) in [4.78, 5) is 13.0. The van der Waals surface area contributed by atoms with Gasteiger partial charge in [0.25, 0.3) is 0 Å². The minimum atomic E-state index is -0.271. The van der Waals surface area contributed by atoms with E-state index in [9.17, 15) is 4.79 Å². The van der Waals surface area contributed by atoms with Gasteiger partial charge < -0.3 is 22.5 Å². The van der Waals surface area contributed by atoms with Crippen LogP contribution in [0, 0.1) is 0 Å². The number of nitrogens with two attached hydrogens (primary N) is 2. The van der Waals surface area contributed by atoms with Crippen LogP contribution in [0.25, 0.3) is 0 Å². The van der Waals surface area contributed by atoms with E-state index < -0.39 is 0 Å². The lowest BCUT2D eigenvalue weighted by molar-refractivity contribution is -0.128. The molecule has 0 aliphatic carbocycles. The molecule has 8 heavy (non-hydrogen) atoms. The van der Waals surface area contributed by atoms with Crippen LogP contribution in [0.5, 0.6) is 0 Å². The second-order valence-corrected chi connectivity index (χ2v) is 0.718. The molecule has 0 fully saturated rings. The van der Waals surface area contributed by atoms with Gasteiger partial charge in [-0.1, -0.05) is 0 Å². The molecular weight excluding hydrogens is 112 g/mol. The van der Waals surface area contributed by atoms with Crippen LogP contribution in [-0.4, -0.2) is 12.4 Å². The highest BCUT2D eigenvalue weighted by molar-refractivity contribution is 5.75. The largest absolute Gasteiger partial charge is 0.367 e. The molecule has 0 saturated heterocycles.